The van der Waals surface area contributed by atoms with Crippen molar-refractivity contribution in [3.63, 3.8) is 0 Å². The lowest BCUT2D eigenvalue weighted by Gasteiger charge is -2.16. The first kappa shape index (κ1) is 15.7. The van der Waals surface area contributed by atoms with Crippen LogP contribution in [0.1, 0.15) is 32.3 Å². The van der Waals surface area contributed by atoms with Gasteiger partial charge in [0.05, 0.1) is 3.79 Å². The largest absolute Gasteiger partial charge is 0.341 e. The fraction of sp³-hybridized carbons (Fsp3) is 0.615. The van der Waals surface area contributed by atoms with Crippen molar-refractivity contribution in [2.75, 3.05) is 13.6 Å². The van der Waals surface area contributed by atoms with Gasteiger partial charge in [-0.1, -0.05) is 13.8 Å². The Morgan fingerprint density at radius 3 is 2.83 bits per heavy atom. The number of rotatable bonds is 7. The van der Waals surface area contributed by atoms with E-state index in [4.69, 9.17) is 0 Å². The summed E-state index contributed by atoms with van der Waals surface area (Å²) < 4.78 is 1.11. The van der Waals surface area contributed by atoms with Crippen LogP contribution in [0, 0.1) is 0 Å². The molecule has 0 fully saturated rings. The first-order valence-corrected chi connectivity index (χ1v) is 7.86. The summed E-state index contributed by atoms with van der Waals surface area (Å²) in [6.45, 7) is 5.82. The SMILES string of the molecule is CC(C)NCCCC(=O)N(C)Cc1csc(Br)c1. The predicted molar refractivity (Wildman–Crippen MR) is 80.9 cm³/mol. The molecular weight excluding hydrogens is 312 g/mol. The van der Waals surface area contributed by atoms with Gasteiger partial charge in [-0.15, -0.1) is 11.3 Å². The van der Waals surface area contributed by atoms with Crippen LogP contribution in [0.5, 0.6) is 0 Å². The number of carbonyl (C=O) groups excluding carboxylic acids is 1. The van der Waals surface area contributed by atoms with Gasteiger partial charge >= 0.3 is 0 Å². The van der Waals surface area contributed by atoms with E-state index < -0.39 is 0 Å². The third kappa shape index (κ3) is 5.98. The second kappa shape index (κ2) is 7.92. The monoisotopic (exact) mass is 332 g/mol. The van der Waals surface area contributed by atoms with E-state index in [0.717, 1.165) is 16.8 Å². The number of hydrogen-bond donors (Lipinski definition) is 1. The number of carbonyl (C=O) groups is 1. The van der Waals surface area contributed by atoms with Crippen molar-refractivity contribution >= 4 is 33.2 Å². The normalized spacial score (nSPS) is 10.9. The van der Waals surface area contributed by atoms with Crippen molar-refractivity contribution in [1.29, 1.82) is 0 Å². The lowest BCUT2D eigenvalue weighted by molar-refractivity contribution is -0.130. The number of amides is 1. The lowest BCUT2D eigenvalue weighted by atomic mass is 10.2. The highest BCUT2D eigenvalue weighted by Crippen LogP contribution is 2.21. The van der Waals surface area contributed by atoms with Crippen LogP contribution in [-0.2, 0) is 11.3 Å². The molecule has 0 unspecified atom stereocenters. The van der Waals surface area contributed by atoms with Gasteiger partial charge in [0.15, 0.2) is 0 Å². The molecule has 5 heteroatoms. The molecule has 0 atom stereocenters. The molecule has 0 bridgehead atoms. The zero-order valence-corrected chi connectivity index (χ0v) is 13.6. The molecule has 0 saturated heterocycles. The summed E-state index contributed by atoms with van der Waals surface area (Å²) in [4.78, 5) is 13.7. The minimum Gasteiger partial charge on any atom is -0.341 e. The first-order valence-electron chi connectivity index (χ1n) is 6.19. The van der Waals surface area contributed by atoms with Crippen molar-refractivity contribution in [2.24, 2.45) is 0 Å². The molecule has 1 heterocycles. The maximum atomic E-state index is 11.9. The fourth-order valence-corrected chi connectivity index (χ4v) is 2.81. The molecule has 102 valence electrons. The van der Waals surface area contributed by atoms with E-state index in [1.165, 1.54) is 5.56 Å². The molecule has 3 nitrogen and oxygen atoms in total. The van der Waals surface area contributed by atoms with Gasteiger partial charge < -0.3 is 10.2 Å². The van der Waals surface area contributed by atoms with Crippen molar-refractivity contribution in [3.8, 4) is 0 Å². The van der Waals surface area contributed by atoms with E-state index in [1.54, 1.807) is 16.2 Å². The molecule has 0 aliphatic heterocycles. The molecule has 18 heavy (non-hydrogen) atoms. The van der Waals surface area contributed by atoms with Crippen molar-refractivity contribution in [3.05, 3.63) is 20.8 Å². The van der Waals surface area contributed by atoms with E-state index in [9.17, 15) is 4.79 Å². The molecule has 1 N–H and O–H groups in total. The van der Waals surface area contributed by atoms with Gasteiger partial charge in [0.2, 0.25) is 5.91 Å². The Kier molecular flexibility index (Phi) is 6.89. The van der Waals surface area contributed by atoms with Crippen LogP contribution in [0.15, 0.2) is 15.2 Å². The van der Waals surface area contributed by atoms with Crippen LogP contribution < -0.4 is 5.32 Å². The number of hydrogen-bond acceptors (Lipinski definition) is 3. The lowest BCUT2D eigenvalue weighted by Crippen LogP contribution is -2.28. The third-order valence-electron chi connectivity index (χ3n) is 2.59. The number of halogens is 1. The van der Waals surface area contributed by atoms with Crippen molar-refractivity contribution in [1.82, 2.24) is 10.2 Å². The standard InChI is InChI=1S/C13H21BrN2OS/c1-10(2)15-6-4-5-13(17)16(3)8-11-7-12(14)18-9-11/h7,9-10,15H,4-6,8H2,1-3H3. The van der Waals surface area contributed by atoms with E-state index >= 15 is 0 Å². The van der Waals surface area contributed by atoms with E-state index in [-0.39, 0.29) is 5.91 Å². The van der Waals surface area contributed by atoms with Crippen LogP contribution >= 0.6 is 27.3 Å². The summed E-state index contributed by atoms with van der Waals surface area (Å²) in [7, 11) is 1.86. The molecule has 1 aromatic rings. The minimum absolute atomic E-state index is 0.211. The maximum absolute atomic E-state index is 11.9. The second-order valence-corrected chi connectivity index (χ2v) is 7.01. The average molecular weight is 333 g/mol. The second-order valence-electron chi connectivity index (χ2n) is 4.72. The topological polar surface area (TPSA) is 32.3 Å². The van der Waals surface area contributed by atoms with Gasteiger partial charge in [0.1, 0.15) is 0 Å². The maximum Gasteiger partial charge on any atom is 0.222 e. The highest BCUT2D eigenvalue weighted by molar-refractivity contribution is 9.11. The van der Waals surface area contributed by atoms with Crippen LogP contribution in [0.4, 0.5) is 0 Å². The van der Waals surface area contributed by atoms with E-state index in [1.807, 2.05) is 7.05 Å². The molecular formula is C13H21BrN2OS. The smallest absolute Gasteiger partial charge is 0.222 e. The van der Waals surface area contributed by atoms with Crippen LogP contribution in [0.25, 0.3) is 0 Å². The van der Waals surface area contributed by atoms with Gasteiger partial charge in [-0.25, -0.2) is 0 Å². The van der Waals surface area contributed by atoms with Crippen LogP contribution in [0.3, 0.4) is 0 Å². The Labute approximate surface area is 122 Å². The van der Waals surface area contributed by atoms with Crippen molar-refractivity contribution < 1.29 is 4.79 Å². The molecule has 0 saturated carbocycles. The molecule has 1 amide bonds. The number of thiophene rings is 1. The van der Waals surface area contributed by atoms with Gasteiger partial charge in [-0.3, -0.25) is 4.79 Å². The predicted octanol–water partition coefficient (Wildman–Crippen LogP) is 3.25. The number of nitrogens with zero attached hydrogens (tertiary/aromatic N) is 1. The summed E-state index contributed by atoms with van der Waals surface area (Å²) in [5, 5.41) is 5.40. The zero-order chi connectivity index (χ0) is 13.5. The van der Waals surface area contributed by atoms with Gasteiger partial charge in [-0.2, -0.15) is 0 Å². The Balaban J connectivity index is 2.24. The summed E-state index contributed by atoms with van der Waals surface area (Å²) in [5.74, 6) is 0.211. The van der Waals surface area contributed by atoms with Gasteiger partial charge in [-0.05, 0) is 45.9 Å². The summed E-state index contributed by atoms with van der Waals surface area (Å²) in [6, 6.07) is 2.55. The zero-order valence-electron chi connectivity index (χ0n) is 11.2. The Morgan fingerprint density at radius 2 is 2.28 bits per heavy atom. The Morgan fingerprint density at radius 1 is 1.56 bits per heavy atom. The highest BCUT2D eigenvalue weighted by atomic mass is 79.9. The van der Waals surface area contributed by atoms with Crippen LogP contribution in [0.2, 0.25) is 0 Å². The average Bonchev–Trinajstić information content (AvgIpc) is 2.69. The summed E-state index contributed by atoms with van der Waals surface area (Å²) >= 11 is 5.08. The minimum atomic E-state index is 0.211. The Hall–Kier alpha value is -0.390. The molecule has 0 aliphatic carbocycles. The van der Waals surface area contributed by atoms with Gasteiger partial charge in [0.25, 0.3) is 0 Å². The number of nitrogens with one attached hydrogen (secondary N) is 1. The summed E-state index contributed by atoms with van der Waals surface area (Å²) in [5.41, 5.74) is 1.18. The van der Waals surface area contributed by atoms with Crippen molar-refractivity contribution in [2.45, 2.75) is 39.3 Å². The summed E-state index contributed by atoms with van der Waals surface area (Å²) in [6.07, 6.45) is 1.51. The third-order valence-corrected chi connectivity index (χ3v) is 4.14. The molecule has 0 spiro atoms. The molecule has 0 aromatic carbocycles. The van der Waals surface area contributed by atoms with Crippen LogP contribution in [-0.4, -0.2) is 30.4 Å². The van der Waals surface area contributed by atoms with Gasteiger partial charge in [0, 0.05) is 26.1 Å². The molecule has 0 aliphatic rings. The highest BCUT2D eigenvalue weighted by Gasteiger charge is 2.09. The molecule has 1 rings (SSSR count). The Bertz CT molecular complexity index is 379. The molecule has 0 radical (unpaired) electrons. The van der Waals surface area contributed by atoms with E-state index in [2.05, 4.69) is 46.5 Å². The molecule has 1 aromatic heterocycles. The first-order chi connectivity index (χ1) is 8.49. The quantitative estimate of drug-likeness (QED) is 0.777. The fourth-order valence-electron chi connectivity index (χ4n) is 1.61. The van der Waals surface area contributed by atoms with E-state index in [0.29, 0.717) is 19.0 Å².